The lowest BCUT2D eigenvalue weighted by molar-refractivity contribution is 0.0952. The van der Waals surface area contributed by atoms with Gasteiger partial charge in [-0.25, -0.2) is 0 Å². The number of amides is 1. The highest BCUT2D eigenvalue weighted by Crippen LogP contribution is 2.19. The van der Waals surface area contributed by atoms with Gasteiger partial charge in [0.05, 0.1) is 5.56 Å². The van der Waals surface area contributed by atoms with Gasteiger partial charge in [-0.2, -0.15) is 0 Å². The maximum absolute atomic E-state index is 11.9. The number of carbonyl (C=O) groups excluding carboxylic acids is 1. The first kappa shape index (κ1) is 11.7. The molecule has 1 aromatic carbocycles. The summed E-state index contributed by atoms with van der Waals surface area (Å²) in [5.41, 5.74) is 1.72. The van der Waals surface area contributed by atoms with Gasteiger partial charge in [-0.05, 0) is 12.5 Å². The number of aliphatic hydroxyl groups is 1. The number of aryl methyl sites for hydroxylation is 1. The Hall–Kier alpha value is -1.81. The SMILES string of the molecule is Cn1cc(C(=O)NCCCO)c2ccccc21. The van der Waals surface area contributed by atoms with Crippen LogP contribution in [0.15, 0.2) is 30.5 Å². The highest BCUT2D eigenvalue weighted by molar-refractivity contribution is 6.06. The maximum Gasteiger partial charge on any atom is 0.253 e. The van der Waals surface area contributed by atoms with Gasteiger partial charge in [0, 0.05) is 37.3 Å². The molecule has 0 radical (unpaired) electrons. The first-order valence-corrected chi connectivity index (χ1v) is 5.67. The number of carbonyl (C=O) groups is 1. The third-order valence-corrected chi connectivity index (χ3v) is 2.76. The minimum absolute atomic E-state index is 0.0877. The predicted octanol–water partition coefficient (Wildman–Crippen LogP) is 1.29. The van der Waals surface area contributed by atoms with E-state index >= 15 is 0 Å². The van der Waals surface area contributed by atoms with E-state index in [0.29, 0.717) is 18.5 Å². The van der Waals surface area contributed by atoms with Crippen LogP contribution in [0.1, 0.15) is 16.8 Å². The first-order valence-electron chi connectivity index (χ1n) is 5.67. The summed E-state index contributed by atoms with van der Waals surface area (Å²) in [5.74, 6) is -0.0877. The zero-order chi connectivity index (χ0) is 12.3. The lowest BCUT2D eigenvalue weighted by Crippen LogP contribution is -2.24. The van der Waals surface area contributed by atoms with Crippen LogP contribution in [0.3, 0.4) is 0 Å². The van der Waals surface area contributed by atoms with E-state index in [9.17, 15) is 4.79 Å². The van der Waals surface area contributed by atoms with E-state index in [2.05, 4.69) is 5.32 Å². The van der Waals surface area contributed by atoms with Gasteiger partial charge in [-0.15, -0.1) is 0 Å². The maximum atomic E-state index is 11.9. The van der Waals surface area contributed by atoms with E-state index in [1.165, 1.54) is 0 Å². The van der Waals surface area contributed by atoms with Gasteiger partial charge in [0.15, 0.2) is 0 Å². The van der Waals surface area contributed by atoms with Crippen LogP contribution in [0.25, 0.3) is 10.9 Å². The van der Waals surface area contributed by atoms with Crippen LogP contribution in [0, 0.1) is 0 Å². The van der Waals surface area contributed by atoms with Crippen LogP contribution in [0.2, 0.25) is 0 Å². The molecule has 17 heavy (non-hydrogen) atoms. The zero-order valence-corrected chi connectivity index (χ0v) is 9.81. The Bertz CT molecular complexity index is 531. The molecule has 2 rings (SSSR count). The Morgan fingerprint density at radius 2 is 2.18 bits per heavy atom. The van der Waals surface area contributed by atoms with Gasteiger partial charge in [0.25, 0.3) is 5.91 Å². The van der Waals surface area contributed by atoms with Gasteiger partial charge in [0.1, 0.15) is 0 Å². The molecule has 1 heterocycles. The number of para-hydroxylation sites is 1. The van der Waals surface area contributed by atoms with Crippen molar-refractivity contribution in [2.75, 3.05) is 13.2 Å². The van der Waals surface area contributed by atoms with Gasteiger partial charge in [-0.1, -0.05) is 18.2 Å². The van der Waals surface area contributed by atoms with Crippen molar-refractivity contribution in [3.05, 3.63) is 36.0 Å². The molecule has 90 valence electrons. The van der Waals surface area contributed by atoms with Gasteiger partial charge >= 0.3 is 0 Å². The quantitative estimate of drug-likeness (QED) is 0.780. The Morgan fingerprint density at radius 1 is 1.41 bits per heavy atom. The second-order valence-electron chi connectivity index (χ2n) is 4.00. The fraction of sp³-hybridized carbons (Fsp3) is 0.308. The minimum Gasteiger partial charge on any atom is -0.396 e. The van der Waals surface area contributed by atoms with Gasteiger partial charge in [0.2, 0.25) is 0 Å². The van der Waals surface area contributed by atoms with Crippen LogP contribution >= 0.6 is 0 Å². The Kier molecular flexibility index (Phi) is 3.44. The number of nitrogens with zero attached hydrogens (tertiary/aromatic N) is 1. The molecule has 0 saturated heterocycles. The first-order chi connectivity index (χ1) is 8.24. The molecule has 2 aromatic rings. The average molecular weight is 232 g/mol. The minimum atomic E-state index is -0.0877. The number of benzene rings is 1. The number of hydrogen-bond donors (Lipinski definition) is 2. The average Bonchev–Trinajstić information content (AvgIpc) is 2.68. The largest absolute Gasteiger partial charge is 0.396 e. The van der Waals surface area contributed by atoms with E-state index in [-0.39, 0.29) is 12.5 Å². The van der Waals surface area contributed by atoms with Crippen molar-refractivity contribution in [2.24, 2.45) is 7.05 Å². The molecule has 0 fully saturated rings. The van der Waals surface area contributed by atoms with Crippen molar-refractivity contribution in [1.29, 1.82) is 0 Å². The van der Waals surface area contributed by atoms with E-state index in [1.807, 2.05) is 42.1 Å². The van der Waals surface area contributed by atoms with Crippen molar-refractivity contribution < 1.29 is 9.90 Å². The van der Waals surface area contributed by atoms with Crippen molar-refractivity contribution in [2.45, 2.75) is 6.42 Å². The summed E-state index contributed by atoms with van der Waals surface area (Å²) in [6.45, 7) is 0.592. The Labute approximate surface area is 99.9 Å². The molecule has 0 aliphatic rings. The zero-order valence-electron chi connectivity index (χ0n) is 9.81. The molecule has 4 nitrogen and oxygen atoms in total. The second kappa shape index (κ2) is 5.01. The number of hydrogen-bond acceptors (Lipinski definition) is 2. The smallest absolute Gasteiger partial charge is 0.253 e. The van der Waals surface area contributed by atoms with Crippen molar-refractivity contribution in [3.8, 4) is 0 Å². The number of fused-ring (bicyclic) bond motifs is 1. The molecule has 4 heteroatoms. The molecule has 0 bridgehead atoms. The van der Waals surface area contributed by atoms with E-state index in [4.69, 9.17) is 5.11 Å². The second-order valence-corrected chi connectivity index (χ2v) is 4.00. The molecule has 0 spiro atoms. The predicted molar refractivity (Wildman–Crippen MR) is 67.0 cm³/mol. The van der Waals surface area contributed by atoms with Crippen LogP contribution in [0.5, 0.6) is 0 Å². The van der Waals surface area contributed by atoms with Gasteiger partial charge < -0.3 is 15.0 Å². The van der Waals surface area contributed by atoms with E-state index in [0.717, 1.165) is 10.9 Å². The topological polar surface area (TPSA) is 54.3 Å². The summed E-state index contributed by atoms with van der Waals surface area (Å²) in [6, 6.07) is 7.80. The Morgan fingerprint density at radius 3 is 2.94 bits per heavy atom. The third-order valence-electron chi connectivity index (χ3n) is 2.76. The number of rotatable bonds is 4. The van der Waals surface area contributed by atoms with Crippen LogP contribution in [-0.4, -0.2) is 28.7 Å². The molecule has 1 amide bonds. The van der Waals surface area contributed by atoms with Crippen molar-refractivity contribution in [1.82, 2.24) is 9.88 Å². The highest BCUT2D eigenvalue weighted by atomic mass is 16.3. The highest BCUT2D eigenvalue weighted by Gasteiger charge is 2.12. The molecule has 0 aliphatic heterocycles. The summed E-state index contributed by atoms with van der Waals surface area (Å²) in [5, 5.41) is 12.4. The van der Waals surface area contributed by atoms with Gasteiger partial charge in [-0.3, -0.25) is 4.79 Å². The molecular formula is C13H16N2O2. The number of aliphatic hydroxyl groups excluding tert-OH is 1. The summed E-state index contributed by atoms with van der Waals surface area (Å²) < 4.78 is 1.94. The summed E-state index contributed by atoms with van der Waals surface area (Å²) in [6.07, 6.45) is 2.41. The molecular weight excluding hydrogens is 216 g/mol. The normalized spacial score (nSPS) is 10.7. The van der Waals surface area contributed by atoms with Crippen molar-refractivity contribution in [3.63, 3.8) is 0 Å². The molecule has 0 atom stereocenters. The van der Waals surface area contributed by atoms with E-state index < -0.39 is 0 Å². The lowest BCUT2D eigenvalue weighted by atomic mass is 10.1. The molecule has 0 aliphatic carbocycles. The van der Waals surface area contributed by atoms with Crippen LogP contribution in [0.4, 0.5) is 0 Å². The fourth-order valence-electron chi connectivity index (χ4n) is 1.90. The summed E-state index contributed by atoms with van der Waals surface area (Å²) >= 11 is 0. The number of nitrogens with one attached hydrogen (secondary N) is 1. The fourth-order valence-corrected chi connectivity index (χ4v) is 1.90. The molecule has 0 unspecified atom stereocenters. The van der Waals surface area contributed by atoms with E-state index in [1.54, 1.807) is 0 Å². The van der Waals surface area contributed by atoms with Crippen LogP contribution < -0.4 is 5.32 Å². The monoisotopic (exact) mass is 232 g/mol. The number of aromatic nitrogens is 1. The van der Waals surface area contributed by atoms with Crippen molar-refractivity contribution >= 4 is 16.8 Å². The molecule has 0 saturated carbocycles. The lowest BCUT2D eigenvalue weighted by Gasteiger charge is -2.02. The van der Waals surface area contributed by atoms with Crippen LogP contribution in [-0.2, 0) is 7.05 Å². The Balaban J connectivity index is 2.26. The summed E-state index contributed by atoms with van der Waals surface area (Å²) in [4.78, 5) is 11.9. The molecule has 2 N–H and O–H groups in total. The summed E-state index contributed by atoms with van der Waals surface area (Å²) in [7, 11) is 1.92. The standard InChI is InChI=1S/C13H16N2O2/c1-15-9-11(13(17)14-7-4-8-16)10-5-2-3-6-12(10)15/h2-3,5-6,9,16H,4,7-8H2,1H3,(H,14,17). The third kappa shape index (κ3) is 2.31. The molecule has 1 aromatic heterocycles.